The van der Waals surface area contributed by atoms with Gasteiger partial charge in [0.15, 0.2) is 0 Å². The summed E-state index contributed by atoms with van der Waals surface area (Å²) in [7, 11) is 0. The van der Waals surface area contributed by atoms with Crippen molar-refractivity contribution in [1.29, 1.82) is 0 Å². The normalized spacial score (nSPS) is 33.0. The summed E-state index contributed by atoms with van der Waals surface area (Å²) in [4.78, 5) is 25.7. The predicted octanol–water partition coefficient (Wildman–Crippen LogP) is 10.7. The summed E-state index contributed by atoms with van der Waals surface area (Å²) in [5, 5.41) is 1.52. The molecule has 248 valence electrons. The monoisotopic (exact) mass is 626 g/mol. The van der Waals surface area contributed by atoms with Crippen molar-refractivity contribution in [3.8, 4) is 0 Å². The van der Waals surface area contributed by atoms with E-state index in [-0.39, 0.29) is 17.3 Å². The van der Waals surface area contributed by atoms with Crippen molar-refractivity contribution in [1.82, 2.24) is 0 Å². The van der Waals surface area contributed by atoms with E-state index in [1.165, 1.54) is 63.0 Å². The Kier molecular flexibility index (Phi) is 8.08. The van der Waals surface area contributed by atoms with Crippen LogP contribution in [-0.4, -0.2) is 12.1 Å². The quantitative estimate of drug-likeness (QED) is 0.148. The van der Waals surface area contributed by atoms with E-state index in [1.54, 1.807) is 0 Å². The molecule has 3 saturated carbocycles. The van der Waals surface area contributed by atoms with E-state index in [0.717, 1.165) is 65.7 Å². The molecule has 8 atom stereocenters. The molecule has 1 aromatic carbocycles. The van der Waals surface area contributed by atoms with Gasteiger partial charge in [-0.1, -0.05) is 65.5 Å². The number of allylic oxidation sites excluding steroid dienone is 1. The Morgan fingerprint density at radius 2 is 1.80 bits per heavy atom. The lowest BCUT2D eigenvalue weighted by Gasteiger charge is -2.58. The lowest BCUT2D eigenvalue weighted by molar-refractivity contribution is -0.0597. The number of rotatable bonds is 7. The molecule has 0 spiro atoms. The molecular formula is C41H54O5. The van der Waals surface area contributed by atoms with Crippen molar-refractivity contribution in [3.05, 3.63) is 57.2 Å². The highest BCUT2D eigenvalue weighted by Gasteiger charge is 2.59. The summed E-state index contributed by atoms with van der Waals surface area (Å²) < 4.78 is 17.8. The van der Waals surface area contributed by atoms with Crippen molar-refractivity contribution < 1.29 is 18.4 Å². The minimum absolute atomic E-state index is 0.149. The Labute approximate surface area is 274 Å². The molecule has 5 nitrogen and oxygen atoms in total. The SMILES string of the molecule is Cc1cc(=O)oc2c1ccc1oc(C(=O)O[C@H]3CC[C@@]4(C)C(=CC[C@H]5[C@@H]6CC[C@H]([C@H](C)CCCC(C)C)[C@@]6(C)CC[C@@H]54)C3)c(C)c12. The third-order valence-electron chi connectivity index (χ3n) is 13.7. The molecule has 2 heterocycles. The number of ether oxygens (including phenoxy) is 1. The van der Waals surface area contributed by atoms with Crippen molar-refractivity contribution in [2.45, 2.75) is 125 Å². The Morgan fingerprint density at radius 3 is 2.59 bits per heavy atom. The van der Waals surface area contributed by atoms with Gasteiger partial charge in [0.2, 0.25) is 5.76 Å². The Hall–Kier alpha value is -2.82. The van der Waals surface area contributed by atoms with E-state index in [0.29, 0.717) is 27.5 Å². The van der Waals surface area contributed by atoms with Gasteiger partial charge in [0.1, 0.15) is 17.3 Å². The number of hydrogen-bond donors (Lipinski definition) is 0. The number of carbonyl (C=O) groups excluding carboxylic acids is 1. The van der Waals surface area contributed by atoms with Crippen LogP contribution in [0.25, 0.3) is 21.9 Å². The van der Waals surface area contributed by atoms with Crippen LogP contribution in [0.3, 0.4) is 0 Å². The number of hydrogen-bond acceptors (Lipinski definition) is 5. The van der Waals surface area contributed by atoms with Crippen LogP contribution in [-0.2, 0) is 4.74 Å². The van der Waals surface area contributed by atoms with Crippen LogP contribution in [0, 0.1) is 60.2 Å². The second-order valence-corrected chi connectivity index (χ2v) is 16.7. The minimum Gasteiger partial charge on any atom is -0.456 e. The Morgan fingerprint density at radius 1 is 1.00 bits per heavy atom. The molecule has 2 aromatic heterocycles. The van der Waals surface area contributed by atoms with Gasteiger partial charge in [0.25, 0.3) is 0 Å². The van der Waals surface area contributed by atoms with E-state index < -0.39 is 11.6 Å². The largest absolute Gasteiger partial charge is 0.456 e. The van der Waals surface area contributed by atoms with Gasteiger partial charge in [0.05, 0.1) is 5.39 Å². The number of aryl methyl sites for hydroxylation is 2. The molecule has 0 N–H and O–H groups in total. The fourth-order valence-corrected chi connectivity index (χ4v) is 11.3. The maximum Gasteiger partial charge on any atom is 0.374 e. The molecule has 0 amide bonds. The van der Waals surface area contributed by atoms with Gasteiger partial charge in [-0.2, -0.15) is 0 Å². The molecule has 0 aliphatic heterocycles. The van der Waals surface area contributed by atoms with Gasteiger partial charge in [-0.05, 0) is 123 Å². The van der Waals surface area contributed by atoms with E-state index >= 15 is 0 Å². The fraction of sp³-hybridized carbons (Fsp3) is 0.659. The predicted molar refractivity (Wildman–Crippen MR) is 184 cm³/mol. The number of furan rings is 1. The van der Waals surface area contributed by atoms with Crippen molar-refractivity contribution in [2.75, 3.05) is 0 Å². The molecule has 4 aliphatic rings. The van der Waals surface area contributed by atoms with Crippen LogP contribution in [0.1, 0.15) is 127 Å². The topological polar surface area (TPSA) is 69.7 Å². The molecule has 0 bridgehead atoms. The zero-order valence-electron chi connectivity index (χ0n) is 29.2. The number of fused-ring (bicyclic) bond motifs is 8. The van der Waals surface area contributed by atoms with E-state index in [2.05, 4.69) is 40.7 Å². The first-order valence-corrected chi connectivity index (χ1v) is 18.3. The molecule has 5 heteroatoms. The highest BCUT2D eigenvalue weighted by Crippen LogP contribution is 2.67. The van der Waals surface area contributed by atoms with Crippen molar-refractivity contribution >= 4 is 27.9 Å². The van der Waals surface area contributed by atoms with Gasteiger partial charge in [-0.3, -0.25) is 0 Å². The Balaban J connectivity index is 1.06. The van der Waals surface area contributed by atoms with Gasteiger partial charge in [0, 0.05) is 23.4 Å². The third kappa shape index (κ3) is 5.10. The van der Waals surface area contributed by atoms with Gasteiger partial charge >= 0.3 is 11.6 Å². The number of carbonyl (C=O) groups is 1. The van der Waals surface area contributed by atoms with Gasteiger partial charge < -0.3 is 13.6 Å². The van der Waals surface area contributed by atoms with Crippen LogP contribution in [0.4, 0.5) is 0 Å². The molecule has 7 rings (SSSR count). The third-order valence-corrected chi connectivity index (χ3v) is 13.7. The number of benzene rings is 1. The first-order chi connectivity index (χ1) is 21.9. The summed E-state index contributed by atoms with van der Waals surface area (Å²) in [6.07, 6.45) is 16.0. The Bertz CT molecular complexity index is 1740. The fourth-order valence-electron chi connectivity index (χ4n) is 11.3. The van der Waals surface area contributed by atoms with Crippen molar-refractivity contribution in [2.24, 2.45) is 46.3 Å². The summed E-state index contributed by atoms with van der Waals surface area (Å²) in [5.74, 6) is 4.66. The molecule has 0 radical (unpaired) electrons. The summed E-state index contributed by atoms with van der Waals surface area (Å²) in [6.45, 7) is 16.2. The smallest absolute Gasteiger partial charge is 0.374 e. The standard InChI is InChI=1S/C41H54O5/c1-23(2)9-8-10-24(3)31-14-15-32-30-12-11-27-22-28(17-19-40(27,6)33(30)18-20-41(31,32)7)44-39(43)37-26(5)36-34(45-37)16-13-29-25(4)21-35(42)46-38(29)36/h11,13,16,21,23-24,28,30-33H,8-10,12,14-15,17-20,22H2,1-7H3/t24-,28+,30+,31-,32+,33+,40+,41-/m1/s1. The first-order valence-electron chi connectivity index (χ1n) is 18.3. The molecule has 3 fully saturated rings. The van der Waals surface area contributed by atoms with Crippen molar-refractivity contribution in [3.63, 3.8) is 0 Å². The molecule has 3 aromatic rings. The zero-order valence-corrected chi connectivity index (χ0v) is 29.2. The molecule has 0 unspecified atom stereocenters. The summed E-state index contributed by atoms with van der Waals surface area (Å²) in [5.41, 5.74) is 4.31. The molecule has 4 aliphatic carbocycles. The number of esters is 1. The maximum absolute atomic E-state index is 13.6. The van der Waals surface area contributed by atoms with Gasteiger partial charge in [-0.25, -0.2) is 9.59 Å². The van der Waals surface area contributed by atoms with E-state index in [1.807, 2.05) is 26.0 Å². The first kappa shape index (κ1) is 31.8. The zero-order chi connectivity index (χ0) is 32.5. The highest BCUT2D eigenvalue weighted by atomic mass is 16.6. The average molecular weight is 627 g/mol. The molecular weight excluding hydrogens is 572 g/mol. The highest BCUT2D eigenvalue weighted by molar-refractivity contribution is 6.08. The lowest BCUT2D eigenvalue weighted by Crippen LogP contribution is -2.51. The molecule has 46 heavy (non-hydrogen) atoms. The summed E-state index contributed by atoms with van der Waals surface area (Å²) >= 11 is 0. The summed E-state index contributed by atoms with van der Waals surface area (Å²) in [6, 6.07) is 5.22. The van der Waals surface area contributed by atoms with Crippen LogP contribution in [0.5, 0.6) is 0 Å². The second kappa shape index (κ2) is 11.7. The van der Waals surface area contributed by atoms with Crippen LogP contribution in [0.2, 0.25) is 0 Å². The van der Waals surface area contributed by atoms with Crippen LogP contribution >= 0.6 is 0 Å². The van der Waals surface area contributed by atoms with Gasteiger partial charge in [-0.15, -0.1) is 0 Å². The molecule has 0 saturated heterocycles. The maximum atomic E-state index is 13.6. The lowest BCUT2D eigenvalue weighted by atomic mass is 9.47. The van der Waals surface area contributed by atoms with E-state index in [9.17, 15) is 9.59 Å². The second-order valence-electron chi connectivity index (χ2n) is 16.7. The van der Waals surface area contributed by atoms with E-state index in [4.69, 9.17) is 13.6 Å². The van der Waals surface area contributed by atoms with Crippen LogP contribution in [0.15, 0.2) is 43.5 Å². The van der Waals surface area contributed by atoms with Crippen LogP contribution < -0.4 is 5.63 Å². The average Bonchev–Trinajstić information content (AvgIpc) is 3.54. The minimum atomic E-state index is -0.423.